The summed E-state index contributed by atoms with van der Waals surface area (Å²) >= 11 is 0. The van der Waals surface area contributed by atoms with Gasteiger partial charge in [-0.2, -0.15) is 0 Å². The number of benzene rings is 1. The van der Waals surface area contributed by atoms with Crippen molar-refractivity contribution in [1.82, 2.24) is 5.32 Å². The lowest BCUT2D eigenvalue weighted by Gasteiger charge is -2.22. The highest BCUT2D eigenvalue weighted by Gasteiger charge is 2.15. The van der Waals surface area contributed by atoms with Gasteiger partial charge in [-0.25, -0.2) is 4.39 Å². The first-order valence-electron chi connectivity index (χ1n) is 6.56. The highest BCUT2D eigenvalue weighted by molar-refractivity contribution is 5.25. The van der Waals surface area contributed by atoms with Crippen molar-refractivity contribution in [3.8, 4) is 0 Å². The molecule has 1 N–H and O–H groups in total. The van der Waals surface area contributed by atoms with E-state index in [1.807, 2.05) is 12.1 Å². The summed E-state index contributed by atoms with van der Waals surface area (Å²) in [6.45, 7) is 7.61. The van der Waals surface area contributed by atoms with Gasteiger partial charge in [-0.3, -0.25) is 0 Å². The molecule has 0 amide bonds. The lowest BCUT2D eigenvalue weighted by molar-refractivity contribution is 0.149. The molecule has 0 heterocycles. The number of methoxy groups -OCH3 is 1. The third-order valence-corrected chi connectivity index (χ3v) is 3.14. The summed E-state index contributed by atoms with van der Waals surface area (Å²) in [6.07, 6.45) is 0.949. The van der Waals surface area contributed by atoms with Crippen LogP contribution in [0.15, 0.2) is 18.2 Å². The van der Waals surface area contributed by atoms with Gasteiger partial charge in [0.05, 0.1) is 0 Å². The molecule has 0 saturated heterocycles. The van der Waals surface area contributed by atoms with Gasteiger partial charge in [-0.05, 0) is 43.0 Å². The summed E-state index contributed by atoms with van der Waals surface area (Å²) in [5, 5.41) is 3.41. The van der Waals surface area contributed by atoms with Gasteiger partial charge in [0.25, 0.3) is 0 Å². The van der Waals surface area contributed by atoms with Gasteiger partial charge in [-0.1, -0.05) is 26.0 Å². The van der Waals surface area contributed by atoms with E-state index in [0.717, 1.165) is 25.1 Å². The number of halogens is 1. The minimum absolute atomic E-state index is 0.130. The van der Waals surface area contributed by atoms with E-state index in [1.165, 1.54) is 0 Å². The zero-order valence-electron chi connectivity index (χ0n) is 11.8. The molecule has 1 rings (SSSR count). The van der Waals surface area contributed by atoms with Crippen LogP contribution in [0.5, 0.6) is 0 Å². The lowest BCUT2D eigenvalue weighted by Crippen LogP contribution is -2.24. The molecule has 0 aliphatic heterocycles. The van der Waals surface area contributed by atoms with Crippen molar-refractivity contribution in [1.29, 1.82) is 0 Å². The molecule has 1 aromatic carbocycles. The Morgan fingerprint density at radius 1 is 1.39 bits per heavy atom. The number of rotatable bonds is 7. The van der Waals surface area contributed by atoms with Crippen LogP contribution in [0.25, 0.3) is 0 Å². The highest BCUT2D eigenvalue weighted by atomic mass is 19.1. The van der Waals surface area contributed by atoms with E-state index in [2.05, 4.69) is 19.2 Å². The largest absolute Gasteiger partial charge is 0.384 e. The smallest absolute Gasteiger partial charge is 0.126 e. The number of nitrogens with one attached hydrogen (secondary N) is 1. The van der Waals surface area contributed by atoms with Crippen molar-refractivity contribution < 1.29 is 9.13 Å². The normalized spacial score (nSPS) is 14.5. The van der Waals surface area contributed by atoms with Crippen LogP contribution in [-0.4, -0.2) is 20.3 Å². The first-order chi connectivity index (χ1) is 8.58. The van der Waals surface area contributed by atoms with Crippen LogP contribution < -0.4 is 5.32 Å². The standard InChI is InChI=1S/C15H24FNO/c1-5-17-15(8-11(2)10-18-4)13-7-6-12(3)14(16)9-13/h6-7,9,11,15,17H,5,8,10H2,1-4H3. The van der Waals surface area contributed by atoms with E-state index in [-0.39, 0.29) is 11.9 Å². The van der Waals surface area contributed by atoms with E-state index in [0.29, 0.717) is 11.5 Å². The van der Waals surface area contributed by atoms with Crippen molar-refractivity contribution >= 4 is 0 Å². The van der Waals surface area contributed by atoms with Gasteiger partial charge in [0.15, 0.2) is 0 Å². The van der Waals surface area contributed by atoms with E-state index in [9.17, 15) is 4.39 Å². The SMILES string of the molecule is CCNC(CC(C)COC)c1ccc(C)c(F)c1. The molecule has 2 nitrogen and oxygen atoms in total. The van der Waals surface area contributed by atoms with Crippen LogP contribution in [0.3, 0.4) is 0 Å². The van der Waals surface area contributed by atoms with Crippen LogP contribution in [0.4, 0.5) is 4.39 Å². The van der Waals surface area contributed by atoms with E-state index in [1.54, 1.807) is 20.1 Å². The number of hydrogen-bond acceptors (Lipinski definition) is 2. The lowest BCUT2D eigenvalue weighted by atomic mass is 9.95. The average Bonchev–Trinajstić information content (AvgIpc) is 2.32. The third-order valence-electron chi connectivity index (χ3n) is 3.14. The zero-order valence-corrected chi connectivity index (χ0v) is 11.8. The molecule has 2 atom stereocenters. The Balaban J connectivity index is 2.79. The van der Waals surface area contributed by atoms with Crippen molar-refractivity contribution in [3.05, 3.63) is 35.1 Å². The molecule has 18 heavy (non-hydrogen) atoms. The quantitative estimate of drug-likeness (QED) is 0.803. The summed E-state index contributed by atoms with van der Waals surface area (Å²) in [5.74, 6) is 0.318. The summed E-state index contributed by atoms with van der Waals surface area (Å²) in [4.78, 5) is 0. The molecule has 0 aliphatic rings. The van der Waals surface area contributed by atoms with Crippen molar-refractivity contribution in [2.75, 3.05) is 20.3 Å². The molecule has 0 radical (unpaired) electrons. The molecule has 2 unspecified atom stereocenters. The maximum absolute atomic E-state index is 13.6. The molecule has 1 aromatic rings. The van der Waals surface area contributed by atoms with Crippen molar-refractivity contribution in [3.63, 3.8) is 0 Å². The van der Waals surface area contributed by atoms with Crippen LogP contribution in [0.1, 0.15) is 37.4 Å². The molecule has 0 bridgehead atoms. The fourth-order valence-electron chi connectivity index (χ4n) is 2.16. The van der Waals surface area contributed by atoms with Gasteiger partial charge in [0.2, 0.25) is 0 Å². The first-order valence-corrected chi connectivity index (χ1v) is 6.56. The van der Waals surface area contributed by atoms with Gasteiger partial charge >= 0.3 is 0 Å². The Labute approximate surface area is 110 Å². The van der Waals surface area contributed by atoms with Crippen molar-refractivity contribution in [2.24, 2.45) is 5.92 Å². The number of aryl methyl sites for hydroxylation is 1. The summed E-state index contributed by atoms with van der Waals surface area (Å²) < 4.78 is 18.8. The van der Waals surface area contributed by atoms with Gasteiger partial charge in [0, 0.05) is 19.8 Å². The number of hydrogen-bond donors (Lipinski definition) is 1. The van der Waals surface area contributed by atoms with Crippen LogP contribution >= 0.6 is 0 Å². The molecule has 0 spiro atoms. The highest BCUT2D eigenvalue weighted by Crippen LogP contribution is 2.23. The second kappa shape index (κ2) is 7.49. The topological polar surface area (TPSA) is 21.3 Å². The summed E-state index contributed by atoms with van der Waals surface area (Å²) in [7, 11) is 1.71. The Bertz CT molecular complexity index is 368. The fraction of sp³-hybridized carbons (Fsp3) is 0.600. The predicted octanol–water partition coefficient (Wildman–Crippen LogP) is 3.46. The van der Waals surface area contributed by atoms with Crippen LogP contribution in [0.2, 0.25) is 0 Å². The second-order valence-electron chi connectivity index (χ2n) is 4.92. The van der Waals surface area contributed by atoms with Gasteiger partial charge in [0.1, 0.15) is 5.82 Å². The maximum Gasteiger partial charge on any atom is 0.126 e. The van der Waals surface area contributed by atoms with Gasteiger partial charge < -0.3 is 10.1 Å². The summed E-state index contributed by atoms with van der Waals surface area (Å²) in [5.41, 5.74) is 1.71. The first kappa shape index (κ1) is 15.1. The Morgan fingerprint density at radius 3 is 2.67 bits per heavy atom. The minimum atomic E-state index is -0.130. The number of ether oxygens (including phenoxy) is 1. The molecular weight excluding hydrogens is 229 g/mol. The molecule has 0 saturated carbocycles. The molecule has 0 fully saturated rings. The molecule has 102 valence electrons. The summed E-state index contributed by atoms with van der Waals surface area (Å²) in [6, 6.07) is 5.68. The van der Waals surface area contributed by atoms with Gasteiger partial charge in [-0.15, -0.1) is 0 Å². The molecule has 3 heteroatoms. The Morgan fingerprint density at radius 2 is 2.11 bits per heavy atom. The van der Waals surface area contributed by atoms with E-state index >= 15 is 0 Å². The Hall–Kier alpha value is -0.930. The maximum atomic E-state index is 13.6. The Kier molecular flexibility index (Phi) is 6.30. The van der Waals surface area contributed by atoms with E-state index in [4.69, 9.17) is 4.74 Å². The van der Waals surface area contributed by atoms with Crippen LogP contribution in [0, 0.1) is 18.7 Å². The average molecular weight is 253 g/mol. The predicted molar refractivity (Wildman–Crippen MR) is 73.2 cm³/mol. The fourth-order valence-corrected chi connectivity index (χ4v) is 2.16. The second-order valence-corrected chi connectivity index (χ2v) is 4.92. The molecular formula is C15H24FNO. The minimum Gasteiger partial charge on any atom is -0.384 e. The third kappa shape index (κ3) is 4.39. The van der Waals surface area contributed by atoms with Crippen molar-refractivity contribution in [2.45, 2.75) is 33.2 Å². The molecule has 0 aromatic heterocycles. The monoisotopic (exact) mass is 253 g/mol. The van der Waals surface area contributed by atoms with Crippen LogP contribution in [-0.2, 0) is 4.74 Å². The zero-order chi connectivity index (χ0) is 13.5. The molecule has 0 aliphatic carbocycles. The van der Waals surface area contributed by atoms with E-state index < -0.39 is 0 Å².